The highest BCUT2D eigenvalue weighted by atomic mass is 16.3. The summed E-state index contributed by atoms with van der Waals surface area (Å²) >= 11 is 0. The molecule has 1 aromatic rings. The Bertz CT molecular complexity index is 381. The number of hydrogen-bond acceptors (Lipinski definition) is 3. The van der Waals surface area contributed by atoms with E-state index >= 15 is 0 Å². The quantitative estimate of drug-likeness (QED) is 0.658. The monoisotopic (exact) mass is 210 g/mol. The molecule has 0 unspecified atom stereocenters. The van der Waals surface area contributed by atoms with Gasteiger partial charge in [-0.1, -0.05) is 20.8 Å². The normalized spacial score (nSPS) is 11.7. The summed E-state index contributed by atoms with van der Waals surface area (Å²) in [5.74, 6) is -0.940. The van der Waals surface area contributed by atoms with Crippen LogP contribution < -0.4 is 0 Å². The van der Waals surface area contributed by atoms with Crippen LogP contribution >= 0.6 is 0 Å². The Morgan fingerprint density at radius 1 is 1.13 bits per heavy atom. The van der Waals surface area contributed by atoms with Gasteiger partial charge >= 0.3 is 0 Å². The maximum Gasteiger partial charge on any atom is 0.200 e. The molecule has 0 fully saturated rings. The van der Waals surface area contributed by atoms with Gasteiger partial charge in [0, 0.05) is 0 Å². The summed E-state index contributed by atoms with van der Waals surface area (Å²) < 4.78 is 0. The zero-order chi connectivity index (χ0) is 11.8. The van der Waals surface area contributed by atoms with Crippen LogP contribution in [0.5, 0.6) is 17.2 Å². The number of rotatable bonds is 2. The van der Waals surface area contributed by atoms with Crippen molar-refractivity contribution in [3.05, 3.63) is 17.2 Å². The fourth-order valence-electron chi connectivity index (χ4n) is 1.63. The molecule has 0 aromatic heterocycles. The van der Waals surface area contributed by atoms with Crippen LogP contribution in [0.2, 0.25) is 0 Å². The van der Waals surface area contributed by atoms with Gasteiger partial charge in [-0.3, -0.25) is 0 Å². The summed E-state index contributed by atoms with van der Waals surface area (Å²) in [6, 6.07) is 1.52. The Labute approximate surface area is 90.0 Å². The summed E-state index contributed by atoms with van der Waals surface area (Å²) in [6.07, 6.45) is 0.886. The molecule has 3 heteroatoms. The highest BCUT2D eigenvalue weighted by Crippen LogP contribution is 2.43. The van der Waals surface area contributed by atoms with Gasteiger partial charge in [0.15, 0.2) is 11.5 Å². The molecule has 84 valence electrons. The van der Waals surface area contributed by atoms with Crippen LogP contribution in [0.3, 0.4) is 0 Å². The number of benzene rings is 1. The molecule has 0 saturated heterocycles. The molecule has 0 atom stereocenters. The zero-order valence-electron chi connectivity index (χ0n) is 9.63. The molecule has 0 aliphatic heterocycles. The first-order chi connectivity index (χ1) is 6.81. The lowest BCUT2D eigenvalue weighted by Gasteiger charge is -2.26. The molecule has 0 amide bonds. The van der Waals surface area contributed by atoms with E-state index in [1.54, 1.807) is 6.92 Å². The van der Waals surface area contributed by atoms with Crippen LogP contribution in [0.15, 0.2) is 6.07 Å². The van der Waals surface area contributed by atoms with Crippen molar-refractivity contribution in [2.45, 2.75) is 39.5 Å². The highest BCUT2D eigenvalue weighted by Gasteiger charge is 2.24. The van der Waals surface area contributed by atoms with E-state index in [0.717, 1.165) is 12.0 Å². The minimum atomic E-state index is -0.442. The summed E-state index contributed by atoms with van der Waals surface area (Å²) in [5.41, 5.74) is 1.35. The molecule has 0 heterocycles. The summed E-state index contributed by atoms with van der Waals surface area (Å²) in [5, 5.41) is 28.4. The lowest BCUT2D eigenvalue weighted by Crippen LogP contribution is -2.17. The van der Waals surface area contributed by atoms with E-state index in [2.05, 4.69) is 0 Å². The van der Waals surface area contributed by atoms with Crippen molar-refractivity contribution in [2.24, 2.45) is 0 Å². The topological polar surface area (TPSA) is 60.7 Å². The molecule has 3 N–H and O–H groups in total. The SMILES string of the molecule is CCC(C)(C)c1cc(O)c(O)c(O)c1C. The van der Waals surface area contributed by atoms with Gasteiger partial charge < -0.3 is 15.3 Å². The maximum absolute atomic E-state index is 9.62. The van der Waals surface area contributed by atoms with Gasteiger partial charge in [-0.15, -0.1) is 0 Å². The molecular formula is C12H18O3. The molecular weight excluding hydrogens is 192 g/mol. The molecule has 0 spiro atoms. The third-order valence-electron chi connectivity index (χ3n) is 3.12. The first-order valence-corrected chi connectivity index (χ1v) is 5.06. The third kappa shape index (κ3) is 1.87. The van der Waals surface area contributed by atoms with Crippen molar-refractivity contribution >= 4 is 0 Å². The molecule has 0 aliphatic carbocycles. The number of aromatic hydroxyl groups is 3. The van der Waals surface area contributed by atoms with Gasteiger partial charge in [0.05, 0.1) is 0 Å². The molecule has 0 radical (unpaired) electrons. The summed E-state index contributed by atoms with van der Waals surface area (Å²) in [7, 11) is 0. The maximum atomic E-state index is 9.62. The predicted molar refractivity (Wildman–Crippen MR) is 59.5 cm³/mol. The van der Waals surface area contributed by atoms with E-state index in [1.807, 2.05) is 20.8 Å². The van der Waals surface area contributed by atoms with Crippen molar-refractivity contribution in [1.82, 2.24) is 0 Å². The van der Waals surface area contributed by atoms with Gasteiger partial charge in [0.25, 0.3) is 0 Å². The highest BCUT2D eigenvalue weighted by molar-refractivity contribution is 5.57. The molecule has 0 saturated carbocycles. The standard InChI is InChI=1S/C12H18O3/c1-5-12(3,4)8-6-9(13)11(15)10(14)7(8)2/h6,13-15H,5H2,1-4H3. The van der Waals surface area contributed by atoms with E-state index in [-0.39, 0.29) is 16.9 Å². The fourth-order valence-corrected chi connectivity index (χ4v) is 1.63. The first kappa shape index (κ1) is 11.7. The van der Waals surface area contributed by atoms with Gasteiger partial charge in [0.1, 0.15) is 0 Å². The molecule has 0 aliphatic rings. The lowest BCUT2D eigenvalue weighted by molar-refractivity contribution is 0.361. The molecule has 0 bridgehead atoms. The van der Waals surface area contributed by atoms with Crippen LogP contribution in [0.25, 0.3) is 0 Å². The second-order valence-electron chi connectivity index (χ2n) is 4.50. The number of phenols is 3. The zero-order valence-corrected chi connectivity index (χ0v) is 9.63. The second-order valence-corrected chi connectivity index (χ2v) is 4.50. The second kappa shape index (κ2) is 3.65. The Balaban J connectivity index is 3.45. The van der Waals surface area contributed by atoms with Gasteiger partial charge in [0.2, 0.25) is 5.75 Å². The Morgan fingerprint density at radius 3 is 2.13 bits per heavy atom. The molecule has 1 rings (SSSR count). The minimum absolute atomic E-state index is 0.132. The molecule has 15 heavy (non-hydrogen) atoms. The van der Waals surface area contributed by atoms with E-state index in [9.17, 15) is 15.3 Å². The fraction of sp³-hybridized carbons (Fsp3) is 0.500. The predicted octanol–water partition coefficient (Wildman–Crippen LogP) is 2.80. The smallest absolute Gasteiger partial charge is 0.200 e. The van der Waals surface area contributed by atoms with Gasteiger partial charge in [-0.05, 0) is 36.0 Å². The average Bonchev–Trinajstić information content (AvgIpc) is 2.20. The van der Waals surface area contributed by atoms with Crippen molar-refractivity contribution < 1.29 is 15.3 Å². The minimum Gasteiger partial charge on any atom is -0.504 e. The van der Waals surface area contributed by atoms with E-state index in [4.69, 9.17) is 0 Å². The number of phenolic OH excluding ortho intramolecular Hbond substituents is 3. The molecule has 1 aromatic carbocycles. The summed E-state index contributed by atoms with van der Waals surface area (Å²) in [6.45, 7) is 7.85. The van der Waals surface area contributed by atoms with Gasteiger partial charge in [-0.2, -0.15) is 0 Å². The third-order valence-corrected chi connectivity index (χ3v) is 3.12. The Hall–Kier alpha value is -1.38. The Morgan fingerprint density at radius 2 is 1.67 bits per heavy atom. The van der Waals surface area contributed by atoms with E-state index in [0.29, 0.717) is 5.56 Å². The van der Waals surface area contributed by atoms with Crippen LogP contribution in [-0.2, 0) is 5.41 Å². The van der Waals surface area contributed by atoms with Crippen molar-refractivity contribution in [3.8, 4) is 17.2 Å². The largest absolute Gasteiger partial charge is 0.504 e. The van der Waals surface area contributed by atoms with E-state index < -0.39 is 5.75 Å². The average molecular weight is 210 g/mol. The Kier molecular flexibility index (Phi) is 2.84. The van der Waals surface area contributed by atoms with Crippen LogP contribution in [0.4, 0.5) is 0 Å². The van der Waals surface area contributed by atoms with Crippen molar-refractivity contribution in [3.63, 3.8) is 0 Å². The van der Waals surface area contributed by atoms with Crippen molar-refractivity contribution in [1.29, 1.82) is 0 Å². The molecule has 3 nitrogen and oxygen atoms in total. The van der Waals surface area contributed by atoms with Crippen molar-refractivity contribution in [2.75, 3.05) is 0 Å². The first-order valence-electron chi connectivity index (χ1n) is 5.06. The van der Waals surface area contributed by atoms with Gasteiger partial charge in [-0.25, -0.2) is 0 Å². The van der Waals surface area contributed by atoms with Crippen LogP contribution in [0.1, 0.15) is 38.3 Å². The van der Waals surface area contributed by atoms with Crippen LogP contribution in [-0.4, -0.2) is 15.3 Å². The lowest BCUT2D eigenvalue weighted by atomic mass is 9.79. The van der Waals surface area contributed by atoms with Crippen LogP contribution in [0, 0.1) is 6.92 Å². The summed E-state index contributed by atoms with van der Waals surface area (Å²) in [4.78, 5) is 0. The number of hydrogen-bond donors (Lipinski definition) is 3. The van der Waals surface area contributed by atoms with E-state index in [1.165, 1.54) is 6.07 Å².